The monoisotopic (exact) mass is 292 g/mol. The summed E-state index contributed by atoms with van der Waals surface area (Å²) in [6.07, 6.45) is 0. The van der Waals surface area contributed by atoms with Crippen LogP contribution < -0.4 is 11.1 Å². The minimum absolute atomic E-state index is 0.149. The molecular weight excluding hydrogens is 278 g/mol. The summed E-state index contributed by atoms with van der Waals surface area (Å²) in [6, 6.07) is 8.08. The number of nitrogens with one attached hydrogen (secondary N) is 1. The van der Waals surface area contributed by atoms with Crippen LogP contribution in [-0.2, 0) is 11.3 Å². The normalized spacial score (nSPS) is 10.2. The van der Waals surface area contributed by atoms with Crippen molar-refractivity contribution >= 4 is 17.3 Å². The molecule has 0 aliphatic heterocycles. The van der Waals surface area contributed by atoms with Crippen LogP contribution in [0.25, 0.3) is 0 Å². The number of benzene rings is 2. The zero-order valence-electron chi connectivity index (χ0n) is 11.3. The lowest BCUT2D eigenvalue weighted by Crippen LogP contribution is -2.08. The zero-order valence-corrected chi connectivity index (χ0v) is 11.3. The first kappa shape index (κ1) is 14.8. The first-order valence-electron chi connectivity index (χ1n) is 6.17. The first-order valence-corrected chi connectivity index (χ1v) is 6.17. The molecule has 0 saturated heterocycles. The van der Waals surface area contributed by atoms with Crippen LogP contribution in [0.5, 0.6) is 0 Å². The number of ether oxygens (including phenoxy) is 1. The average Bonchev–Trinajstić information content (AvgIpc) is 2.47. The van der Waals surface area contributed by atoms with Crippen molar-refractivity contribution in [3.05, 3.63) is 59.2 Å². The van der Waals surface area contributed by atoms with E-state index in [-0.39, 0.29) is 12.1 Å². The number of esters is 1. The smallest absolute Gasteiger partial charge is 0.340 e. The van der Waals surface area contributed by atoms with E-state index in [1.165, 1.54) is 25.3 Å². The largest absolute Gasteiger partial charge is 0.465 e. The molecule has 0 amide bonds. The van der Waals surface area contributed by atoms with Crippen LogP contribution in [0.1, 0.15) is 15.9 Å². The predicted octanol–water partition coefficient (Wildman–Crippen LogP) is 2.95. The number of hydrogen-bond acceptors (Lipinski definition) is 4. The number of halogens is 2. The van der Waals surface area contributed by atoms with Crippen molar-refractivity contribution in [2.75, 3.05) is 18.2 Å². The molecule has 0 aromatic heterocycles. The van der Waals surface area contributed by atoms with Gasteiger partial charge in [-0.15, -0.1) is 0 Å². The fraction of sp³-hybridized carbons (Fsp3) is 0.133. The molecule has 2 rings (SSSR count). The van der Waals surface area contributed by atoms with E-state index < -0.39 is 17.6 Å². The van der Waals surface area contributed by atoms with Crippen molar-refractivity contribution in [1.29, 1.82) is 0 Å². The summed E-state index contributed by atoms with van der Waals surface area (Å²) in [5, 5.41) is 2.94. The summed E-state index contributed by atoms with van der Waals surface area (Å²) in [5.41, 5.74) is 7.09. The van der Waals surface area contributed by atoms with Crippen LogP contribution in [0.4, 0.5) is 20.2 Å². The van der Waals surface area contributed by atoms with Gasteiger partial charge in [-0.2, -0.15) is 0 Å². The highest BCUT2D eigenvalue weighted by Gasteiger charge is 2.11. The maximum atomic E-state index is 13.5. The lowest BCUT2D eigenvalue weighted by Gasteiger charge is -2.10. The fourth-order valence-corrected chi connectivity index (χ4v) is 1.82. The Hall–Kier alpha value is -2.63. The quantitative estimate of drug-likeness (QED) is 0.671. The maximum Gasteiger partial charge on any atom is 0.340 e. The number of carbonyl (C=O) groups is 1. The lowest BCUT2D eigenvalue weighted by atomic mass is 10.1. The van der Waals surface area contributed by atoms with E-state index in [0.717, 1.165) is 6.07 Å². The fourth-order valence-electron chi connectivity index (χ4n) is 1.82. The van der Waals surface area contributed by atoms with Gasteiger partial charge in [0.15, 0.2) is 0 Å². The highest BCUT2D eigenvalue weighted by molar-refractivity contribution is 5.96. The van der Waals surface area contributed by atoms with Crippen molar-refractivity contribution in [3.63, 3.8) is 0 Å². The van der Waals surface area contributed by atoms with Crippen LogP contribution >= 0.6 is 0 Å². The molecule has 2 aromatic carbocycles. The van der Waals surface area contributed by atoms with Gasteiger partial charge in [-0.3, -0.25) is 0 Å². The number of nitrogens with two attached hydrogens (primary N) is 1. The number of nitrogen functional groups attached to an aromatic ring is 1. The summed E-state index contributed by atoms with van der Waals surface area (Å²) in [7, 11) is 1.26. The van der Waals surface area contributed by atoms with E-state index in [1.54, 1.807) is 12.1 Å². The van der Waals surface area contributed by atoms with Crippen LogP contribution in [0.15, 0.2) is 36.4 Å². The van der Waals surface area contributed by atoms with Crippen molar-refractivity contribution < 1.29 is 18.3 Å². The van der Waals surface area contributed by atoms with Crippen LogP contribution in [-0.4, -0.2) is 13.1 Å². The first-order chi connectivity index (χ1) is 10.0. The highest BCUT2D eigenvalue weighted by atomic mass is 19.1. The molecular formula is C15H14F2N2O2. The Morgan fingerprint density at radius 3 is 2.67 bits per heavy atom. The molecule has 0 atom stereocenters. The standard InChI is InChI=1S/C15H14F2N2O2/c1-21-15(20)12-7-11(4-5-14(12)18)19-8-9-2-3-10(16)6-13(9)17/h2-7,19H,8,18H2,1H3. The summed E-state index contributed by atoms with van der Waals surface area (Å²) >= 11 is 0. The van der Waals surface area contributed by atoms with E-state index in [1.807, 2.05) is 0 Å². The number of methoxy groups -OCH3 is 1. The van der Waals surface area contributed by atoms with Crippen LogP contribution in [0.3, 0.4) is 0 Å². The molecule has 0 heterocycles. The zero-order chi connectivity index (χ0) is 15.4. The predicted molar refractivity (Wildman–Crippen MR) is 75.9 cm³/mol. The molecule has 0 aliphatic rings. The molecule has 6 heteroatoms. The van der Waals surface area contributed by atoms with Crippen molar-refractivity contribution in [1.82, 2.24) is 0 Å². The molecule has 0 spiro atoms. The Labute approximate surface area is 120 Å². The van der Waals surface area contributed by atoms with Gasteiger partial charge in [0.05, 0.1) is 12.7 Å². The Kier molecular flexibility index (Phi) is 4.37. The van der Waals surface area contributed by atoms with Crippen molar-refractivity contribution in [2.45, 2.75) is 6.54 Å². The van der Waals surface area contributed by atoms with Gasteiger partial charge in [0.25, 0.3) is 0 Å². The third kappa shape index (κ3) is 3.47. The number of anilines is 2. The van der Waals surface area contributed by atoms with E-state index >= 15 is 0 Å². The molecule has 0 fully saturated rings. The third-order valence-corrected chi connectivity index (χ3v) is 2.96. The second-order valence-electron chi connectivity index (χ2n) is 4.38. The minimum atomic E-state index is -0.633. The van der Waals surface area contributed by atoms with Crippen molar-refractivity contribution in [2.24, 2.45) is 0 Å². The van der Waals surface area contributed by atoms with Gasteiger partial charge in [0.2, 0.25) is 0 Å². The van der Waals surface area contributed by atoms with E-state index in [0.29, 0.717) is 16.9 Å². The molecule has 3 N–H and O–H groups in total. The summed E-state index contributed by atoms with van der Waals surface area (Å²) in [5.74, 6) is -1.81. The summed E-state index contributed by atoms with van der Waals surface area (Å²) < 4.78 is 30.9. The number of carbonyl (C=O) groups excluding carboxylic acids is 1. The summed E-state index contributed by atoms with van der Waals surface area (Å²) in [4.78, 5) is 11.5. The lowest BCUT2D eigenvalue weighted by molar-refractivity contribution is 0.0602. The van der Waals surface area contributed by atoms with Gasteiger partial charge in [-0.05, 0) is 24.3 Å². The van der Waals surface area contributed by atoms with Gasteiger partial charge < -0.3 is 15.8 Å². The Bertz CT molecular complexity index is 675. The van der Waals surface area contributed by atoms with Crippen molar-refractivity contribution in [3.8, 4) is 0 Å². The molecule has 2 aromatic rings. The van der Waals surface area contributed by atoms with E-state index in [2.05, 4.69) is 10.1 Å². The third-order valence-electron chi connectivity index (χ3n) is 2.96. The van der Waals surface area contributed by atoms with Gasteiger partial charge in [-0.1, -0.05) is 6.07 Å². The van der Waals surface area contributed by atoms with Gasteiger partial charge in [-0.25, -0.2) is 13.6 Å². The van der Waals surface area contributed by atoms with Gasteiger partial charge in [0, 0.05) is 29.5 Å². The SMILES string of the molecule is COC(=O)c1cc(NCc2ccc(F)cc2F)ccc1N. The summed E-state index contributed by atoms with van der Waals surface area (Å²) in [6.45, 7) is 0.149. The molecule has 0 bridgehead atoms. The maximum absolute atomic E-state index is 13.5. The van der Waals surface area contributed by atoms with E-state index in [9.17, 15) is 13.6 Å². The topological polar surface area (TPSA) is 64.3 Å². The number of rotatable bonds is 4. The molecule has 21 heavy (non-hydrogen) atoms. The highest BCUT2D eigenvalue weighted by Crippen LogP contribution is 2.20. The van der Waals surface area contributed by atoms with E-state index in [4.69, 9.17) is 5.73 Å². The molecule has 0 unspecified atom stereocenters. The molecule has 0 saturated carbocycles. The van der Waals surface area contributed by atoms with Crippen LogP contribution in [0.2, 0.25) is 0 Å². The second kappa shape index (κ2) is 6.21. The average molecular weight is 292 g/mol. The minimum Gasteiger partial charge on any atom is -0.465 e. The Morgan fingerprint density at radius 2 is 2.00 bits per heavy atom. The molecule has 0 radical (unpaired) electrons. The Morgan fingerprint density at radius 1 is 1.24 bits per heavy atom. The molecule has 4 nitrogen and oxygen atoms in total. The van der Waals surface area contributed by atoms with Gasteiger partial charge in [0.1, 0.15) is 11.6 Å². The van der Waals surface area contributed by atoms with Crippen LogP contribution in [0, 0.1) is 11.6 Å². The Balaban J connectivity index is 2.15. The molecule has 0 aliphatic carbocycles. The van der Waals surface area contributed by atoms with Gasteiger partial charge >= 0.3 is 5.97 Å². The molecule has 110 valence electrons. The second-order valence-corrected chi connectivity index (χ2v) is 4.38. The number of hydrogen-bond donors (Lipinski definition) is 2.